The van der Waals surface area contributed by atoms with Crippen LogP contribution in [0.15, 0.2) is 28.9 Å². The van der Waals surface area contributed by atoms with Crippen LogP contribution in [0.3, 0.4) is 0 Å². The van der Waals surface area contributed by atoms with E-state index in [1.807, 2.05) is 0 Å². The summed E-state index contributed by atoms with van der Waals surface area (Å²) in [5.74, 6) is 1.26. The van der Waals surface area contributed by atoms with E-state index in [0.717, 1.165) is 4.47 Å². The summed E-state index contributed by atoms with van der Waals surface area (Å²) in [5.41, 5.74) is 2.63. The smallest absolute Gasteiger partial charge is 0.0601 e. The monoisotopic (exact) mass is 265 g/mol. The van der Waals surface area contributed by atoms with E-state index < -0.39 is 0 Å². The fourth-order valence-electron chi connectivity index (χ4n) is 1.87. The minimum absolute atomic E-state index is 0.591. The third-order valence-corrected chi connectivity index (χ3v) is 3.85. The number of fused-ring (bicyclic) bond motifs is 1. The molecule has 0 amide bonds. The molecule has 1 aromatic heterocycles. The normalized spacial score (nSPS) is 13.7. The minimum Gasteiger partial charge on any atom is -0.360 e. The molecule has 2 aromatic rings. The van der Waals surface area contributed by atoms with Gasteiger partial charge in [-0.3, -0.25) is 0 Å². The van der Waals surface area contributed by atoms with Gasteiger partial charge >= 0.3 is 0 Å². The van der Waals surface area contributed by atoms with Crippen molar-refractivity contribution in [3.05, 3.63) is 34.4 Å². The fourth-order valence-corrected chi connectivity index (χ4v) is 2.36. The van der Waals surface area contributed by atoms with Gasteiger partial charge in [0, 0.05) is 16.1 Å². The molecule has 1 N–H and O–H groups in total. The molecule has 1 unspecified atom stereocenters. The highest BCUT2D eigenvalue weighted by Crippen LogP contribution is 2.32. The average molecular weight is 266 g/mol. The van der Waals surface area contributed by atoms with Crippen LogP contribution >= 0.6 is 15.9 Å². The second-order valence-electron chi connectivity index (χ2n) is 4.44. The summed E-state index contributed by atoms with van der Waals surface area (Å²) >= 11 is 3.57. The highest BCUT2D eigenvalue weighted by atomic mass is 79.9. The molecule has 15 heavy (non-hydrogen) atoms. The molecule has 0 aliphatic heterocycles. The molecule has 1 atom stereocenters. The summed E-state index contributed by atoms with van der Waals surface area (Å²) in [6.45, 7) is 6.82. The summed E-state index contributed by atoms with van der Waals surface area (Å²) in [7, 11) is 0. The highest BCUT2D eigenvalue weighted by molar-refractivity contribution is 9.10. The predicted molar refractivity (Wildman–Crippen MR) is 69.3 cm³/mol. The SMILES string of the molecule is CC(C)C(C)c1c[nH]c2c(Br)cccc12. The van der Waals surface area contributed by atoms with E-state index in [0.29, 0.717) is 11.8 Å². The zero-order chi connectivity index (χ0) is 11.0. The molecule has 0 saturated heterocycles. The van der Waals surface area contributed by atoms with E-state index in [1.54, 1.807) is 0 Å². The number of halogens is 1. The first-order valence-corrected chi connectivity index (χ1v) is 6.16. The third-order valence-electron chi connectivity index (χ3n) is 3.19. The second kappa shape index (κ2) is 4.01. The van der Waals surface area contributed by atoms with Crippen LogP contribution in [0.2, 0.25) is 0 Å². The van der Waals surface area contributed by atoms with Crippen molar-refractivity contribution in [3.8, 4) is 0 Å². The molecule has 0 radical (unpaired) electrons. The number of H-pyrrole nitrogens is 1. The largest absolute Gasteiger partial charge is 0.360 e. The Morgan fingerprint density at radius 1 is 1.20 bits per heavy atom. The topological polar surface area (TPSA) is 15.8 Å². The van der Waals surface area contributed by atoms with Crippen molar-refractivity contribution in [2.45, 2.75) is 26.7 Å². The van der Waals surface area contributed by atoms with E-state index in [2.05, 4.69) is 66.1 Å². The Morgan fingerprint density at radius 3 is 2.60 bits per heavy atom. The molecule has 0 spiro atoms. The zero-order valence-electron chi connectivity index (χ0n) is 9.34. The molecule has 0 aliphatic rings. The molecular weight excluding hydrogens is 250 g/mol. The molecule has 0 aliphatic carbocycles. The number of aromatic amines is 1. The van der Waals surface area contributed by atoms with Gasteiger partial charge in [0.25, 0.3) is 0 Å². The second-order valence-corrected chi connectivity index (χ2v) is 5.29. The fraction of sp³-hybridized carbons (Fsp3) is 0.385. The van der Waals surface area contributed by atoms with Gasteiger partial charge < -0.3 is 4.98 Å². The van der Waals surface area contributed by atoms with Gasteiger partial charge in [0.2, 0.25) is 0 Å². The van der Waals surface area contributed by atoms with Crippen molar-refractivity contribution in [3.63, 3.8) is 0 Å². The van der Waals surface area contributed by atoms with E-state index >= 15 is 0 Å². The lowest BCUT2D eigenvalue weighted by atomic mass is 9.90. The maximum atomic E-state index is 3.57. The molecule has 2 rings (SSSR count). The van der Waals surface area contributed by atoms with Gasteiger partial charge in [0.05, 0.1) is 5.52 Å². The molecule has 0 fully saturated rings. The van der Waals surface area contributed by atoms with Crippen LogP contribution in [0, 0.1) is 5.92 Å². The van der Waals surface area contributed by atoms with E-state index in [1.165, 1.54) is 16.5 Å². The molecule has 1 heterocycles. The number of hydrogen-bond acceptors (Lipinski definition) is 0. The Morgan fingerprint density at radius 2 is 1.93 bits per heavy atom. The number of aromatic nitrogens is 1. The van der Waals surface area contributed by atoms with Crippen molar-refractivity contribution in [2.75, 3.05) is 0 Å². The van der Waals surface area contributed by atoms with Gasteiger partial charge in [-0.05, 0) is 39.4 Å². The summed E-state index contributed by atoms with van der Waals surface area (Å²) < 4.78 is 1.14. The Bertz CT molecular complexity index is 470. The molecule has 0 bridgehead atoms. The number of hydrogen-bond donors (Lipinski definition) is 1. The van der Waals surface area contributed by atoms with E-state index in [4.69, 9.17) is 0 Å². The lowest BCUT2D eigenvalue weighted by molar-refractivity contribution is 0.538. The Labute approximate surface area is 99.0 Å². The van der Waals surface area contributed by atoms with Crippen molar-refractivity contribution < 1.29 is 0 Å². The maximum Gasteiger partial charge on any atom is 0.0601 e. The first-order valence-electron chi connectivity index (χ1n) is 5.36. The van der Waals surface area contributed by atoms with Crippen LogP contribution in [-0.4, -0.2) is 4.98 Å². The van der Waals surface area contributed by atoms with Crippen LogP contribution in [0.25, 0.3) is 10.9 Å². The first-order chi connectivity index (χ1) is 7.11. The van der Waals surface area contributed by atoms with E-state index in [-0.39, 0.29) is 0 Å². The average Bonchev–Trinajstić information content (AvgIpc) is 2.61. The summed E-state index contributed by atoms with van der Waals surface area (Å²) in [4.78, 5) is 3.35. The molecular formula is C13H16BrN. The molecule has 1 nitrogen and oxygen atoms in total. The molecule has 2 heteroatoms. The Balaban J connectivity index is 2.59. The number of benzene rings is 1. The molecule has 0 saturated carbocycles. The van der Waals surface area contributed by atoms with Gasteiger partial charge in [-0.1, -0.05) is 32.9 Å². The number of para-hydroxylation sites is 1. The van der Waals surface area contributed by atoms with Crippen LogP contribution < -0.4 is 0 Å². The number of rotatable bonds is 2. The number of nitrogens with one attached hydrogen (secondary N) is 1. The van der Waals surface area contributed by atoms with Gasteiger partial charge in [-0.15, -0.1) is 0 Å². The summed E-state index contributed by atoms with van der Waals surface area (Å²) in [5, 5.41) is 1.34. The molecule has 1 aromatic carbocycles. The predicted octanol–water partition coefficient (Wildman–Crippen LogP) is 4.69. The quantitative estimate of drug-likeness (QED) is 0.811. The van der Waals surface area contributed by atoms with Gasteiger partial charge in [-0.2, -0.15) is 0 Å². The zero-order valence-corrected chi connectivity index (χ0v) is 10.9. The van der Waals surface area contributed by atoms with Crippen molar-refractivity contribution >= 4 is 26.8 Å². The van der Waals surface area contributed by atoms with Crippen LogP contribution in [0.1, 0.15) is 32.3 Å². The standard InChI is InChI=1S/C13H16BrN/c1-8(2)9(3)11-7-15-13-10(11)5-4-6-12(13)14/h4-9,15H,1-3H3. The first kappa shape index (κ1) is 10.7. The van der Waals surface area contributed by atoms with Gasteiger partial charge in [0.15, 0.2) is 0 Å². The molecule has 80 valence electrons. The van der Waals surface area contributed by atoms with Crippen molar-refractivity contribution in [1.29, 1.82) is 0 Å². The Kier molecular flexibility index (Phi) is 2.87. The van der Waals surface area contributed by atoms with Crippen LogP contribution in [0.4, 0.5) is 0 Å². The third kappa shape index (κ3) is 1.83. The summed E-state index contributed by atoms with van der Waals surface area (Å²) in [6, 6.07) is 6.35. The highest BCUT2D eigenvalue weighted by Gasteiger charge is 2.14. The lowest BCUT2D eigenvalue weighted by Crippen LogP contribution is -2.00. The lowest BCUT2D eigenvalue weighted by Gasteiger charge is -2.14. The Hall–Kier alpha value is -0.760. The van der Waals surface area contributed by atoms with Crippen molar-refractivity contribution in [1.82, 2.24) is 4.98 Å². The van der Waals surface area contributed by atoms with Crippen LogP contribution in [-0.2, 0) is 0 Å². The van der Waals surface area contributed by atoms with E-state index in [9.17, 15) is 0 Å². The summed E-state index contributed by atoms with van der Waals surface area (Å²) in [6.07, 6.45) is 2.14. The van der Waals surface area contributed by atoms with Gasteiger partial charge in [-0.25, -0.2) is 0 Å². The van der Waals surface area contributed by atoms with Gasteiger partial charge in [0.1, 0.15) is 0 Å². The minimum atomic E-state index is 0.591. The maximum absolute atomic E-state index is 3.57. The van der Waals surface area contributed by atoms with Crippen LogP contribution in [0.5, 0.6) is 0 Å². The van der Waals surface area contributed by atoms with Crippen molar-refractivity contribution in [2.24, 2.45) is 5.92 Å².